The number of aromatic nitrogens is 4. The van der Waals surface area contributed by atoms with Gasteiger partial charge in [-0.1, -0.05) is 17.3 Å². The number of hydrogen-bond donors (Lipinski definition) is 1. The fraction of sp³-hybridized carbons (Fsp3) is 0.233. The van der Waals surface area contributed by atoms with Crippen LogP contribution in [0.15, 0.2) is 83.0 Å². The van der Waals surface area contributed by atoms with Gasteiger partial charge in [0.2, 0.25) is 0 Å². The third-order valence-corrected chi connectivity index (χ3v) is 7.17. The molecule has 6 rings (SSSR count). The largest absolute Gasteiger partial charge is 0.481 e. The first kappa shape index (κ1) is 25.4. The highest BCUT2D eigenvalue weighted by molar-refractivity contribution is 6.03. The minimum atomic E-state index is -0.873. The Morgan fingerprint density at radius 2 is 1.95 bits per heavy atom. The van der Waals surface area contributed by atoms with Crippen molar-refractivity contribution in [2.75, 3.05) is 0 Å². The van der Waals surface area contributed by atoms with Gasteiger partial charge in [0.1, 0.15) is 11.6 Å². The van der Waals surface area contributed by atoms with E-state index in [1.165, 1.54) is 28.8 Å². The number of carboxylic acid groups (broad SMARTS) is 1. The van der Waals surface area contributed by atoms with Crippen molar-refractivity contribution in [1.29, 1.82) is 0 Å². The highest BCUT2D eigenvalue weighted by Gasteiger charge is 2.40. The Hall–Kier alpha value is -4.86. The average Bonchev–Trinajstić information content (AvgIpc) is 3.56. The third kappa shape index (κ3) is 4.61. The van der Waals surface area contributed by atoms with Gasteiger partial charge in [0.25, 0.3) is 5.56 Å². The van der Waals surface area contributed by atoms with Crippen molar-refractivity contribution in [2.24, 2.45) is 5.16 Å². The molecule has 0 radical (unpaired) electrons. The Morgan fingerprint density at radius 1 is 1.12 bits per heavy atom. The molecule has 2 aromatic carbocycles. The van der Waals surface area contributed by atoms with Gasteiger partial charge in [-0.25, -0.2) is 14.4 Å². The SMILES string of the molecule is C[C@]1(c2ncc3ccccn23)CC(c2ccc3c(=O)n(-c4ccc(F)cc4)c(CCCCC(=O)O)nc3c2)=NO1. The summed E-state index contributed by atoms with van der Waals surface area (Å²) in [6, 6.07) is 16.9. The Labute approximate surface area is 228 Å². The van der Waals surface area contributed by atoms with E-state index in [9.17, 15) is 14.0 Å². The van der Waals surface area contributed by atoms with E-state index < -0.39 is 17.4 Å². The van der Waals surface area contributed by atoms with E-state index in [2.05, 4.69) is 10.1 Å². The lowest BCUT2D eigenvalue weighted by atomic mass is 9.94. The molecule has 3 aromatic heterocycles. The molecule has 40 heavy (non-hydrogen) atoms. The lowest BCUT2D eigenvalue weighted by molar-refractivity contribution is -0.137. The van der Waals surface area contributed by atoms with Crippen LogP contribution in [0.4, 0.5) is 4.39 Å². The second-order valence-electron chi connectivity index (χ2n) is 10.1. The molecule has 0 fully saturated rings. The van der Waals surface area contributed by atoms with Crippen LogP contribution in [-0.2, 0) is 21.7 Å². The number of imidazole rings is 1. The minimum absolute atomic E-state index is 0.0307. The molecular weight excluding hydrogens is 513 g/mol. The summed E-state index contributed by atoms with van der Waals surface area (Å²) in [4.78, 5) is 40.0. The first-order valence-electron chi connectivity index (χ1n) is 13.0. The second kappa shape index (κ2) is 10.0. The quantitative estimate of drug-likeness (QED) is 0.278. The van der Waals surface area contributed by atoms with E-state index in [4.69, 9.17) is 14.9 Å². The Kier molecular flexibility index (Phi) is 6.37. The molecule has 0 amide bonds. The Morgan fingerprint density at radius 3 is 2.75 bits per heavy atom. The molecule has 1 N–H and O–H groups in total. The van der Waals surface area contributed by atoms with E-state index in [0.717, 1.165) is 16.9 Å². The van der Waals surface area contributed by atoms with E-state index in [-0.39, 0.29) is 12.0 Å². The molecule has 4 heterocycles. The number of aliphatic carboxylic acids is 1. The first-order valence-corrected chi connectivity index (χ1v) is 13.0. The molecule has 0 saturated heterocycles. The van der Waals surface area contributed by atoms with E-state index in [0.29, 0.717) is 53.8 Å². The number of pyridine rings is 1. The van der Waals surface area contributed by atoms with Crippen LogP contribution in [0.5, 0.6) is 0 Å². The normalized spacial score (nSPS) is 16.8. The number of halogens is 1. The summed E-state index contributed by atoms with van der Waals surface area (Å²) < 4.78 is 17.1. The number of fused-ring (bicyclic) bond motifs is 2. The molecule has 9 nitrogen and oxygen atoms in total. The maximum absolute atomic E-state index is 13.7. The van der Waals surface area contributed by atoms with Crippen molar-refractivity contribution in [3.05, 3.63) is 106 Å². The maximum Gasteiger partial charge on any atom is 0.303 e. The van der Waals surface area contributed by atoms with Crippen LogP contribution in [0.2, 0.25) is 0 Å². The predicted molar refractivity (Wildman–Crippen MR) is 147 cm³/mol. The van der Waals surface area contributed by atoms with Crippen LogP contribution in [0.3, 0.4) is 0 Å². The van der Waals surface area contributed by atoms with Gasteiger partial charge in [-0.3, -0.25) is 14.2 Å². The molecule has 0 spiro atoms. The number of oxime groups is 1. The Balaban J connectivity index is 1.36. The van der Waals surface area contributed by atoms with Crippen LogP contribution < -0.4 is 5.56 Å². The minimum Gasteiger partial charge on any atom is -0.481 e. The van der Waals surface area contributed by atoms with Crippen LogP contribution >= 0.6 is 0 Å². The summed E-state index contributed by atoms with van der Waals surface area (Å²) in [7, 11) is 0. The summed E-state index contributed by atoms with van der Waals surface area (Å²) in [5.41, 5.74) is 2.39. The summed E-state index contributed by atoms with van der Waals surface area (Å²) in [6.07, 6.45) is 5.60. The molecule has 0 aliphatic carbocycles. The fourth-order valence-corrected chi connectivity index (χ4v) is 5.14. The third-order valence-electron chi connectivity index (χ3n) is 7.17. The van der Waals surface area contributed by atoms with Gasteiger partial charge >= 0.3 is 5.97 Å². The average molecular weight is 540 g/mol. The van der Waals surface area contributed by atoms with Crippen LogP contribution in [0.1, 0.15) is 49.8 Å². The van der Waals surface area contributed by atoms with Crippen LogP contribution in [0.25, 0.3) is 22.1 Å². The number of benzene rings is 2. The first-order chi connectivity index (χ1) is 19.3. The zero-order valence-electron chi connectivity index (χ0n) is 21.7. The number of hydrogen-bond acceptors (Lipinski definition) is 6. The highest BCUT2D eigenvalue weighted by Crippen LogP contribution is 2.36. The van der Waals surface area contributed by atoms with Gasteiger partial charge in [0, 0.05) is 31.0 Å². The standard InChI is InChI=1S/C30H26FN5O4/c1-30(29-32-18-22-6-4-5-15-35(22)29)17-25(34-40-30)19-9-14-23-24(16-19)33-26(7-2-3-8-27(37)38)36(28(23)39)21-12-10-20(31)11-13-21/h4-6,9-16,18H,2-3,7-8,17H2,1H3,(H,37,38)/t30-/m1/s1. The van der Waals surface area contributed by atoms with Crippen molar-refractivity contribution in [2.45, 2.75) is 44.6 Å². The van der Waals surface area contributed by atoms with Gasteiger partial charge in [-0.15, -0.1) is 0 Å². The molecule has 1 aliphatic rings. The maximum atomic E-state index is 13.7. The molecular formula is C30H26FN5O4. The zero-order valence-corrected chi connectivity index (χ0v) is 21.7. The lowest BCUT2D eigenvalue weighted by Gasteiger charge is -2.20. The zero-order chi connectivity index (χ0) is 27.9. The number of aryl methyl sites for hydroxylation is 1. The number of nitrogens with zero attached hydrogens (tertiary/aromatic N) is 5. The number of carboxylic acids is 1. The van der Waals surface area contributed by atoms with Crippen molar-refractivity contribution < 1.29 is 19.1 Å². The van der Waals surface area contributed by atoms with Gasteiger partial charge in [0.15, 0.2) is 11.4 Å². The van der Waals surface area contributed by atoms with Crippen molar-refractivity contribution >= 4 is 28.1 Å². The van der Waals surface area contributed by atoms with E-state index in [1.54, 1.807) is 12.3 Å². The second-order valence-corrected chi connectivity index (χ2v) is 10.1. The van der Waals surface area contributed by atoms with Gasteiger partial charge in [-0.05, 0) is 68.3 Å². The number of rotatable bonds is 8. The molecule has 1 atom stereocenters. The fourth-order valence-electron chi connectivity index (χ4n) is 5.14. The Bertz CT molecular complexity index is 1840. The van der Waals surface area contributed by atoms with Gasteiger partial charge < -0.3 is 14.3 Å². The molecule has 202 valence electrons. The van der Waals surface area contributed by atoms with E-state index >= 15 is 0 Å². The van der Waals surface area contributed by atoms with Crippen LogP contribution in [-0.4, -0.2) is 35.7 Å². The van der Waals surface area contributed by atoms with Crippen molar-refractivity contribution in [1.82, 2.24) is 18.9 Å². The highest BCUT2D eigenvalue weighted by atomic mass is 19.1. The van der Waals surface area contributed by atoms with E-state index in [1.807, 2.05) is 47.9 Å². The topological polar surface area (TPSA) is 111 Å². The molecule has 5 aromatic rings. The molecule has 1 aliphatic heterocycles. The number of unbranched alkanes of at least 4 members (excludes halogenated alkanes) is 1. The lowest BCUT2D eigenvalue weighted by Crippen LogP contribution is -2.25. The van der Waals surface area contributed by atoms with Gasteiger partial charge in [-0.2, -0.15) is 0 Å². The van der Waals surface area contributed by atoms with Crippen LogP contribution in [0, 0.1) is 5.82 Å². The molecule has 10 heteroatoms. The van der Waals surface area contributed by atoms with Crippen molar-refractivity contribution in [3.8, 4) is 5.69 Å². The molecule has 0 unspecified atom stereocenters. The predicted octanol–water partition coefficient (Wildman–Crippen LogP) is 5.01. The smallest absolute Gasteiger partial charge is 0.303 e. The summed E-state index contributed by atoms with van der Waals surface area (Å²) in [6.45, 7) is 1.95. The van der Waals surface area contributed by atoms with Crippen molar-refractivity contribution in [3.63, 3.8) is 0 Å². The monoisotopic (exact) mass is 539 g/mol. The molecule has 0 saturated carbocycles. The summed E-state index contributed by atoms with van der Waals surface area (Å²) in [5.74, 6) is -0.0633. The number of carbonyl (C=O) groups is 1. The summed E-state index contributed by atoms with van der Waals surface area (Å²) >= 11 is 0. The summed E-state index contributed by atoms with van der Waals surface area (Å²) in [5, 5.41) is 13.8. The van der Waals surface area contributed by atoms with Gasteiger partial charge in [0.05, 0.1) is 34.0 Å². The molecule has 0 bridgehead atoms.